The monoisotopic (exact) mass is 399 g/mol. The Labute approximate surface area is 165 Å². The highest BCUT2D eigenvalue weighted by atomic mass is 35.5. The Morgan fingerprint density at radius 2 is 1.74 bits per heavy atom. The molecule has 4 rings (SSSR count). The van der Waals surface area contributed by atoms with Crippen LogP contribution in [0.1, 0.15) is 5.56 Å². The first-order valence-electron chi connectivity index (χ1n) is 8.12. The van der Waals surface area contributed by atoms with E-state index in [2.05, 4.69) is 15.0 Å². The Hall–Kier alpha value is -2.83. The van der Waals surface area contributed by atoms with Gasteiger partial charge in [-0.1, -0.05) is 29.3 Å². The number of halogens is 2. The van der Waals surface area contributed by atoms with E-state index in [1.165, 1.54) is 0 Å². The van der Waals surface area contributed by atoms with E-state index in [0.717, 1.165) is 16.9 Å². The standard InChI is InChI=1S/C19H15Cl2N5O/c1-27-12-7-5-11(6-8-12)18-24-16-17(22)23-10-26(19(16)25-18)9-13-14(20)3-2-4-15(13)21/h2-8,10H,9,22H2,1H3. The number of anilines is 1. The lowest BCUT2D eigenvalue weighted by atomic mass is 10.2. The summed E-state index contributed by atoms with van der Waals surface area (Å²) in [6.45, 7) is 0.406. The summed E-state index contributed by atoms with van der Waals surface area (Å²) in [6, 6.07) is 12.9. The van der Waals surface area contributed by atoms with Gasteiger partial charge in [0.2, 0.25) is 0 Å². The summed E-state index contributed by atoms with van der Waals surface area (Å²) in [7, 11) is 1.62. The van der Waals surface area contributed by atoms with Crippen LogP contribution in [-0.4, -0.2) is 26.6 Å². The minimum Gasteiger partial charge on any atom is -0.497 e. The number of benzene rings is 2. The first kappa shape index (κ1) is 17.6. The third kappa shape index (κ3) is 3.29. The van der Waals surface area contributed by atoms with Crippen molar-refractivity contribution in [1.82, 2.24) is 19.5 Å². The smallest absolute Gasteiger partial charge is 0.166 e. The van der Waals surface area contributed by atoms with Crippen molar-refractivity contribution >= 4 is 29.0 Å². The van der Waals surface area contributed by atoms with Crippen molar-refractivity contribution in [2.45, 2.75) is 6.54 Å². The van der Waals surface area contributed by atoms with Crippen molar-refractivity contribution in [3.05, 3.63) is 64.4 Å². The molecular formula is C19H15Cl2N5O. The van der Waals surface area contributed by atoms with E-state index >= 15 is 0 Å². The second kappa shape index (κ2) is 7.06. The Morgan fingerprint density at radius 1 is 1.04 bits per heavy atom. The number of rotatable bonds is 4. The number of nitrogens with two attached hydrogens (primary N) is 1. The normalized spacial score (nSPS) is 11.1. The van der Waals surface area contributed by atoms with Crippen LogP contribution in [0.2, 0.25) is 10.0 Å². The van der Waals surface area contributed by atoms with E-state index in [1.54, 1.807) is 31.6 Å². The molecule has 0 amide bonds. The lowest BCUT2D eigenvalue weighted by Gasteiger charge is -2.13. The molecule has 0 bridgehead atoms. The highest BCUT2D eigenvalue weighted by molar-refractivity contribution is 6.36. The highest BCUT2D eigenvalue weighted by Crippen LogP contribution is 2.31. The summed E-state index contributed by atoms with van der Waals surface area (Å²) in [6.07, 6.45) is 1.61. The second-order valence-corrected chi connectivity index (χ2v) is 6.72. The summed E-state index contributed by atoms with van der Waals surface area (Å²) in [5.41, 5.74) is 8.19. The summed E-state index contributed by atoms with van der Waals surface area (Å²) in [5.74, 6) is 2.26. The molecule has 0 saturated heterocycles. The van der Waals surface area contributed by atoms with Crippen LogP contribution < -0.4 is 10.5 Å². The fourth-order valence-electron chi connectivity index (χ4n) is 2.79. The highest BCUT2D eigenvalue weighted by Gasteiger charge is 2.20. The predicted octanol–water partition coefficient (Wildman–Crippen LogP) is 4.39. The topological polar surface area (TPSA) is 78.9 Å². The molecule has 0 unspecified atom stereocenters. The van der Waals surface area contributed by atoms with Gasteiger partial charge in [0.15, 0.2) is 23.2 Å². The lowest BCUT2D eigenvalue weighted by molar-refractivity contribution is 0.415. The number of methoxy groups -OCH3 is 1. The molecule has 2 aromatic rings. The third-order valence-electron chi connectivity index (χ3n) is 4.23. The molecule has 2 aromatic carbocycles. The molecule has 6 nitrogen and oxygen atoms in total. The number of imidazole rings is 1. The van der Waals surface area contributed by atoms with Gasteiger partial charge in [-0.15, -0.1) is 0 Å². The zero-order chi connectivity index (χ0) is 19.0. The zero-order valence-corrected chi connectivity index (χ0v) is 15.9. The van der Waals surface area contributed by atoms with Crippen molar-refractivity contribution in [3.8, 4) is 28.7 Å². The van der Waals surface area contributed by atoms with Crippen LogP contribution >= 0.6 is 23.2 Å². The van der Waals surface area contributed by atoms with Gasteiger partial charge in [-0.05, 0) is 36.4 Å². The number of fused-ring (bicyclic) bond motifs is 1. The Bertz CT molecular complexity index is 1060. The molecule has 27 heavy (non-hydrogen) atoms. The van der Waals surface area contributed by atoms with Gasteiger partial charge in [-0.2, -0.15) is 0 Å². The molecule has 2 aliphatic heterocycles. The Morgan fingerprint density at radius 3 is 2.41 bits per heavy atom. The minimum atomic E-state index is 0.318. The van der Waals surface area contributed by atoms with Crippen LogP contribution in [0, 0.1) is 0 Å². The lowest BCUT2D eigenvalue weighted by Crippen LogP contribution is -2.09. The molecule has 2 N–H and O–H groups in total. The van der Waals surface area contributed by atoms with Gasteiger partial charge in [-0.25, -0.2) is 15.0 Å². The maximum absolute atomic E-state index is 6.30. The fraction of sp³-hybridized carbons (Fsp3) is 0.105. The SMILES string of the molecule is COc1ccc(-c2nc3c(N)ncn(Cc4c(Cl)cccc4Cl)c-3n2)cc1. The number of aromatic nitrogens is 4. The Balaban J connectivity index is 1.79. The number of nitrogen functional groups attached to an aromatic ring is 1. The molecule has 2 heterocycles. The average Bonchev–Trinajstić information content (AvgIpc) is 3.13. The van der Waals surface area contributed by atoms with Crippen LogP contribution in [0.5, 0.6) is 5.75 Å². The van der Waals surface area contributed by atoms with Crippen molar-refractivity contribution in [2.24, 2.45) is 0 Å². The average molecular weight is 400 g/mol. The molecule has 0 aliphatic carbocycles. The second-order valence-electron chi connectivity index (χ2n) is 5.91. The Kier molecular flexibility index (Phi) is 4.59. The molecule has 0 spiro atoms. The first-order chi connectivity index (χ1) is 13.1. The number of nitrogens with zero attached hydrogens (tertiary/aromatic N) is 4. The van der Waals surface area contributed by atoms with Gasteiger partial charge >= 0.3 is 0 Å². The number of ether oxygens (including phenoxy) is 1. The van der Waals surface area contributed by atoms with Gasteiger partial charge in [0.05, 0.1) is 20.0 Å². The fourth-order valence-corrected chi connectivity index (χ4v) is 3.31. The maximum Gasteiger partial charge on any atom is 0.166 e. The van der Waals surface area contributed by atoms with Crippen molar-refractivity contribution < 1.29 is 4.74 Å². The quantitative estimate of drug-likeness (QED) is 0.550. The van der Waals surface area contributed by atoms with Crippen LogP contribution in [-0.2, 0) is 6.54 Å². The molecule has 0 fully saturated rings. The molecule has 8 heteroatoms. The summed E-state index contributed by atoms with van der Waals surface area (Å²) in [4.78, 5) is 13.4. The molecule has 0 aromatic heterocycles. The van der Waals surface area contributed by atoms with Gasteiger partial charge in [0, 0.05) is 21.2 Å². The van der Waals surface area contributed by atoms with Crippen LogP contribution in [0.3, 0.4) is 0 Å². The van der Waals surface area contributed by atoms with Crippen molar-refractivity contribution in [3.63, 3.8) is 0 Å². The molecule has 2 aliphatic rings. The minimum absolute atomic E-state index is 0.318. The van der Waals surface area contributed by atoms with Crippen molar-refractivity contribution in [1.29, 1.82) is 0 Å². The first-order valence-corrected chi connectivity index (χ1v) is 8.88. The predicted molar refractivity (Wildman–Crippen MR) is 106 cm³/mol. The molecule has 136 valence electrons. The maximum atomic E-state index is 6.30. The van der Waals surface area contributed by atoms with E-state index in [9.17, 15) is 0 Å². The summed E-state index contributed by atoms with van der Waals surface area (Å²) < 4.78 is 7.02. The molecular weight excluding hydrogens is 385 g/mol. The summed E-state index contributed by atoms with van der Waals surface area (Å²) in [5, 5.41) is 1.16. The molecule has 0 saturated carbocycles. The van der Waals surface area contributed by atoms with Gasteiger partial charge in [0.25, 0.3) is 0 Å². The van der Waals surface area contributed by atoms with Crippen LogP contribution in [0.25, 0.3) is 22.9 Å². The zero-order valence-electron chi connectivity index (χ0n) is 14.4. The summed E-state index contributed by atoms with van der Waals surface area (Å²) >= 11 is 12.6. The van der Waals surface area contributed by atoms with Crippen molar-refractivity contribution in [2.75, 3.05) is 12.8 Å². The van der Waals surface area contributed by atoms with E-state index in [1.807, 2.05) is 28.8 Å². The molecule has 0 atom stereocenters. The number of hydrogen-bond donors (Lipinski definition) is 1. The van der Waals surface area contributed by atoms with Gasteiger partial charge in [0.1, 0.15) is 5.75 Å². The largest absolute Gasteiger partial charge is 0.497 e. The molecule has 0 radical (unpaired) electrons. The number of hydrogen-bond acceptors (Lipinski definition) is 5. The van der Waals surface area contributed by atoms with Crippen LogP contribution in [0.15, 0.2) is 48.8 Å². The van der Waals surface area contributed by atoms with E-state index in [0.29, 0.717) is 39.8 Å². The van der Waals surface area contributed by atoms with Gasteiger partial charge < -0.3 is 15.0 Å². The van der Waals surface area contributed by atoms with Gasteiger partial charge in [-0.3, -0.25) is 0 Å². The third-order valence-corrected chi connectivity index (χ3v) is 4.94. The van der Waals surface area contributed by atoms with E-state index < -0.39 is 0 Å². The van der Waals surface area contributed by atoms with E-state index in [-0.39, 0.29) is 0 Å². The van der Waals surface area contributed by atoms with Crippen LogP contribution in [0.4, 0.5) is 5.82 Å². The van der Waals surface area contributed by atoms with E-state index in [4.69, 9.17) is 33.7 Å².